The zero-order valence-electron chi connectivity index (χ0n) is 33.8. The van der Waals surface area contributed by atoms with Gasteiger partial charge in [-0.05, 0) is 73.5 Å². The van der Waals surface area contributed by atoms with Gasteiger partial charge in [-0.15, -0.1) is 11.3 Å². The van der Waals surface area contributed by atoms with Crippen LogP contribution < -0.4 is 5.46 Å². The molecule has 0 saturated carbocycles. The van der Waals surface area contributed by atoms with Crippen molar-refractivity contribution in [3.05, 3.63) is 90.6 Å². The van der Waals surface area contributed by atoms with Gasteiger partial charge in [-0.25, -0.2) is 0 Å². The highest BCUT2D eigenvalue weighted by Crippen LogP contribution is 2.39. The van der Waals surface area contributed by atoms with Crippen molar-refractivity contribution in [1.29, 1.82) is 0 Å². The van der Waals surface area contributed by atoms with Gasteiger partial charge in [-0.1, -0.05) is 72.5 Å². The molecule has 2 nitrogen and oxygen atoms in total. The lowest BCUT2D eigenvalue weighted by Crippen LogP contribution is -2.41. The highest BCUT2D eigenvalue weighted by molar-refractivity contribution is 7.25. The molecule has 1 fully saturated rings. The van der Waals surface area contributed by atoms with Gasteiger partial charge in [0.15, 0.2) is 0 Å². The second-order valence-electron chi connectivity index (χ2n) is 8.89. The smallest absolute Gasteiger partial charge is 0.399 e. The average molecular weight is 478 g/mol. The first-order valence-corrected chi connectivity index (χ1v) is 11.4. The van der Waals surface area contributed by atoms with Crippen molar-refractivity contribution in [2.75, 3.05) is 0 Å². The molecule has 1 aliphatic heterocycles. The number of hydrogen-bond donors (Lipinski definition) is 0. The molecule has 0 spiro atoms. The third kappa shape index (κ3) is 3.58. The summed E-state index contributed by atoms with van der Waals surface area (Å²) in [7, 11) is -1.15. The van der Waals surface area contributed by atoms with Gasteiger partial charge in [0.1, 0.15) is 0 Å². The fourth-order valence-corrected chi connectivity index (χ4v) is 4.52. The molecule has 34 heavy (non-hydrogen) atoms. The Kier molecular flexibility index (Phi) is 2.48. The molecule has 168 valence electrons. The van der Waals surface area contributed by atoms with Gasteiger partial charge >= 0.3 is 7.12 Å². The molecule has 0 bridgehead atoms. The highest BCUT2D eigenvalue weighted by Gasteiger charge is 2.51. The van der Waals surface area contributed by atoms with Crippen molar-refractivity contribution in [3.8, 4) is 22.3 Å². The Labute approximate surface area is 226 Å². The van der Waals surface area contributed by atoms with Crippen LogP contribution in [-0.4, -0.2) is 18.3 Å². The molecule has 4 heteroatoms. The van der Waals surface area contributed by atoms with Crippen molar-refractivity contribution in [2.45, 2.75) is 38.9 Å². The fraction of sp³-hybridized carbons (Fsp3) is 0.200. The van der Waals surface area contributed by atoms with Crippen LogP contribution in [0.15, 0.2) is 90.6 Å². The molecule has 1 saturated heterocycles. The third-order valence-electron chi connectivity index (χ3n) is 6.14. The lowest BCUT2D eigenvalue weighted by molar-refractivity contribution is 0.00578. The lowest BCUT2D eigenvalue weighted by Gasteiger charge is -2.32. The first-order chi connectivity index (χ1) is 22.6. The number of hydrogen-bond acceptors (Lipinski definition) is 3. The van der Waals surface area contributed by atoms with Gasteiger partial charge in [0.05, 0.1) is 31.8 Å². The number of fused-ring (bicyclic) bond motifs is 3. The minimum Gasteiger partial charge on any atom is -0.399 e. The molecule has 0 atom stereocenters. The van der Waals surface area contributed by atoms with Crippen LogP contribution in [0.5, 0.6) is 0 Å². The molecule has 2 heterocycles. The Morgan fingerprint density at radius 2 is 1.21 bits per heavy atom. The average Bonchev–Trinajstić information content (AvgIpc) is 3.53. The van der Waals surface area contributed by atoms with E-state index in [1.165, 1.54) is 0 Å². The van der Waals surface area contributed by atoms with E-state index in [-0.39, 0.29) is 31.7 Å². The van der Waals surface area contributed by atoms with Gasteiger partial charge in [-0.3, -0.25) is 0 Å². The van der Waals surface area contributed by atoms with Crippen molar-refractivity contribution in [2.24, 2.45) is 0 Å². The van der Waals surface area contributed by atoms with E-state index in [2.05, 4.69) is 0 Å². The molecular weight excluding hydrogens is 435 g/mol. The van der Waals surface area contributed by atoms with E-state index in [1.54, 1.807) is 27.7 Å². The minimum atomic E-state index is -1.15. The topological polar surface area (TPSA) is 18.5 Å². The molecule has 4 aromatic carbocycles. The SMILES string of the molecule is [2H]c1c([2H])c([2H])c(-c2c([2H])c([2H])c(-c3c([2H])c([2H])c4sc5c([2H])c(B6OC(C)(C)C(C)(C)O6)c([2H])c([2H])c5c4c3[2H])c([2H])c2[2H])c([2H])c1[2H]. The monoisotopic (exact) mass is 477 g/mol. The van der Waals surface area contributed by atoms with Gasteiger partial charge in [0.25, 0.3) is 0 Å². The van der Waals surface area contributed by atoms with Crippen molar-refractivity contribution >= 4 is 44.1 Å². The molecule has 0 aliphatic carbocycles. The summed E-state index contributed by atoms with van der Waals surface area (Å²) in [6.07, 6.45) is 0. The van der Waals surface area contributed by atoms with Crippen LogP contribution in [0.25, 0.3) is 42.4 Å². The normalized spacial score (nSPS) is 23.2. The van der Waals surface area contributed by atoms with E-state index in [0.717, 1.165) is 11.3 Å². The van der Waals surface area contributed by atoms with Crippen LogP contribution in [0, 0.1) is 0 Å². The molecular formula is C30H27BO2S. The summed E-state index contributed by atoms with van der Waals surface area (Å²) in [5, 5.41) is -0.101. The summed E-state index contributed by atoms with van der Waals surface area (Å²) in [4.78, 5) is 0. The van der Waals surface area contributed by atoms with Crippen molar-refractivity contribution < 1.29 is 29.9 Å². The summed E-state index contributed by atoms with van der Waals surface area (Å²) in [5.41, 5.74) is -3.73. The largest absolute Gasteiger partial charge is 0.494 e. The third-order valence-corrected chi connectivity index (χ3v) is 7.16. The van der Waals surface area contributed by atoms with Gasteiger partial charge < -0.3 is 9.31 Å². The Morgan fingerprint density at radius 1 is 0.618 bits per heavy atom. The molecule has 0 amide bonds. The maximum absolute atomic E-state index is 9.20. The van der Waals surface area contributed by atoms with E-state index in [4.69, 9.17) is 28.5 Å². The maximum atomic E-state index is 9.20. The quantitative estimate of drug-likeness (QED) is 0.248. The number of rotatable bonds is 3. The van der Waals surface area contributed by atoms with E-state index in [9.17, 15) is 1.37 Å². The Bertz CT molecular complexity index is 2240. The minimum absolute atomic E-state index is 0.00471. The van der Waals surface area contributed by atoms with E-state index in [1.807, 2.05) is 0 Å². The highest BCUT2D eigenvalue weighted by atomic mass is 32.1. The van der Waals surface area contributed by atoms with E-state index in [0.29, 0.717) is 0 Å². The van der Waals surface area contributed by atoms with Crippen LogP contribution in [0.2, 0.25) is 0 Å². The fourth-order valence-electron chi connectivity index (χ4n) is 3.55. The second kappa shape index (κ2) is 7.81. The first-order valence-electron chi connectivity index (χ1n) is 18.1. The predicted octanol–water partition coefficient (Wildman–Crippen LogP) is 7.69. The van der Waals surface area contributed by atoms with Crippen molar-refractivity contribution in [3.63, 3.8) is 0 Å². The van der Waals surface area contributed by atoms with Gasteiger partial charge in [-0.2, -0.15) is 0 Å². The summed E-state index contributed by atoms with van der Waals surface area (Å²) in [6.45, 7) is 7.22. The lowest BCUT2D eigenvalue weighted by atomic mass is 9.79. The summed E-state index contributed by atoms with van der Waals surface area (Å²) < 4.78 is 142. The van der Waals surface area contributed by atoms with Crippen LogP contribution >= 0.6 is 11.3 Å². The number of thiophene rings is 1. The van der Waals surface area contributed by atoms with Crippen LogP contribution in [-0.2, 0) is 9.31 Å². The Hall–Kier alpha value is -2.92. The molecule has 6 rings (SSSR count). The first kappa shape index (κ1) is 10.8. The van der Waals surface area contributed by atoms with Crippen LogP contribution in [0.1, 0.15) is 48.3 Å². The molecule has 1 aromatic heterocycles. The number of benzene rings is 4. The predicted molar refractivity (Wildman–Crippen MR) is 146 cm³/mol. The second-order valence-corrected chi connectivity index (χ2v) is 9.91. The zero-order chi connectivity index (χ0) is 36.6. The Morgan fingerprint density at radius 3 is 1.88 bits per heavy atom. The molecule has 0 radical (unpaired) electrons. The maximum Gasteiger partial charge on any atom is 0.494 e. The standard InChI is InChI=1S/C30H27BO2S/c1-29(2)30(3,4)33-31(32-29)24-15-16-25-26-18-23(14-17-27(26)34-28(25)19-24)22-12-10-21(11-13-22)20-8-6-5-7-9-20/h5-19H,1-4H3/i5D,6D,7D,8D,9D,10D,11D,12D,13D,14D,15D,16D,17D,18D,19D. The van der Waals surface area contributed by atoms with Gasteiger partial charge in [0.2, 0.25) is 0 Å². The van der Waals surface area contributed by atoms with Crippen LogP contribution in [0.3, 0.4) is 0 Å². The summed E-state index contributed by atoms with van der Waals surface area (Å²) in [6, 6.07) is -9.37. The van der Waals surface area contributed by atoms with Crippen LogP contribution in [0.4, 0.5) is 0 Å². The van der Waals surface area contributed by atoms with Gasteiger partial charge in [0, 0.05) is 20.2 Å². The molecule has 5 aromatic rings. The Balaban J connectivity index is 1.66. The van der Waals surface area contributed by atoms with Crippen molar-refractivity contribution in [1.82, 2.24) is 0 Å². The van der Waals surface area contributed by atoms with E-state index >= 15 is 0 Å². The molecule has 0 unspecified atom stereocenters. The zero-order valence-corrected chi connectivity index (χ0v) is 19.6. The van der Waals surface area contributed by atoms with E-state index < -0.39 is 125 Å². The summed E-state index contributed by atoms with van der Waals surface area (Å²) >= 11 is 0.874. The summed E-state index contributed by atoms with van der Waals surface area (Å²) in [5.74, 6) is 0. The molecule has 0 N–H and O–H groups in total. The molecule has 1 aliphatic rings.